The van der Waals surface area contributed by atoms with Crippen LogP contribution < -0.4 is 15.5 Å². The fourth-order valence-electron chi connectivity index (χ4n) is 9.31. The number of hydrogen-bond acceptors (Lipinski definition) is 7. The highest BCUT2D eigenvalue weighted by Crippen LogP contribution is 2.60. The summed E-state index contributed by atoms with van der Waals surface area (Å²) in [6, 6.07) is 37.9. The lowest BCUT2D eigenvalue weighted by molar-refractivity contribution is -0.151. The number of ether oxygens (including phenoxy) is 1. The van der Waals surface area contributed by atoms with Gasteiger partial charge in [-0.3, -0.25) is 19.2 Å². The first kappa shape index (κ1) is 39.9. The van der Waals surface area contributed by atoms with Gasteiger partial charge < -0.3 is 35.1 Å². The molecule has 1 fully saturated rings. The summed E-state index contributed by atoms with van der Waals surface area (Å²) in [4.78, 5) is 71.0. The summed E-state index contributed by atoms with van der Waals surface area (Å²) in [5, 5.41) is 16.3. The first-order valence-electron chi connectivity index (χ1n) is 20.0. The van der Waals surface area contributed by atoms with E-state index in [0.717, 1.165) is 16.7 Å². The molecule has 4 N–H and O–H groups in total. The Bertz CT molecular complexity index is 2390. The maximum atomic E-state index is 15.2. The van der Waals surface area contributed by atoms with Crippen molar-refractivity contribution in [3.8, 4) is 0 Å². The van der Waals surface area contributed by atoms with E-state index in [1.807, 2.05) is 68.5 Å². The average molecular weight is 809 g/mol. The van der Waals surface area contributed by atoms with Crippen LogP contribution in [0.3, 0.4) is 0 Å². The predicted molar refractivity (Wildman–Crippen MR) is 228 cm³/mol. The van der Waals surface area contributed by atoms with Crippen molar-refractivity contribution in [2.24, 2.45) is 5.92 Å². The molecule has 59 heavy (non-hydrogen) atoms. The van der Waals surface area contributed by atoms with Crippen molar-refractivity contribution in [2.75, 3.05) is 22.1 Å². The molecule has 0 radical (unpaired) electrons. The molecule has 5 aromatic carbocycles. The van der Waals surface area contributed by atoms with Crippen molar-refractivity contribution in [3.63, 3.8) is 0 Å². The molecule has 3 heterocycles. The van der Waals surface area contributed by atoms with Gasteiger partial charge >= 0.3 is 0 Å². The molecular formula is C47H48N4O7Si. The summed E-state index contributed by atoms with van der Waals surface area (Å²) in [6.07, 6.45) is -0.380. The largest absolute Gasteiger partial charge is 0.432 e. The average Bonchev–Trinajstić information content (AvgIpc) is 3.66. The van der Waals surface area contributed by atoms with Crippen molar-refractivity contribution in [1.82, 2.24) is 4.90 Å². The normalized spacial score (nSPS) is 22.2. The Balaban J connectivity index is 1.12. The summed E-state index contributed by atoms with van der Waals surface area (Å²) < 4.78 is 7.03. The van der Waals surface area contributed by atoms with Crippen LogP contribution in [0.25, 0.3) is 0 Å². The van der Waals surface area contributed by atoms with Gasteiger partial charge in [0.1, 0.15) is 0 Å². The minimum Gasteiger partial charge on any atom is -0.432 e. The molecule has 5 atom stereocenters. The number of hydrogen-bond donors (Lipinski definition) is 4. The van der Waals surface area contributed by atoms with Crippen LogP contribution in [0.1, 0.15) is 56.3 Å². The minimum absolute atomic E-state index is 0.0877. The molecule has 11 nitrogen and oxygen atoms in total. The third kappa shape index (κ3) is 7.60. The van der Waals surface area contributed by atoms with E-state index in [1.165, 1.54) is 0 Å². The predicted octanol–water partition coefficient (Wildman–Crippen LogP) is 6.87. The smallest absolute Gasteiger partial charge is 0.264 e. The fraction of sp³-hybridized carbons (Fsp3) is 0.277. The van der Waals surface area contributed by atoms with E-state index in [1.54, 1.807) is 88.7 Å². The third-order valence-corrected chi connectivity index (χ3v) is 14.6. The summed E-state index contributed by atoms with van der Waals surface area (Å²) in [5.41, 5.74) is 4.02. The van der Waals surface area contributed by atoms with Gasteiger partial charge in [-0.1, -0.05) is 79.7 Å². The van der Waals surface area contributed by atoms with Crippen molar-refractivity contribution >= 4 is 49.0 Å². The highest BCUT2D eigenvalue weighted by Gasteiger charge is 2.66. The van der Waals surface area contributed by atoms with Crippen LogP contribution in [0.15, 0.2) is 127 Å². The number of aliphatic hydroxyl groups excluding tert-OH is 1. The Labute approximate surface area is 344 Å². The van der Waals surface area contributed by atoms with Crippen LogP contribution >= 0.6 is 0 Å². The van der Waals surface area contributed by atoms with Gasteiger partial charge in [0.05, 0.1) is 37.4 Å². The molecule has 8 rings (SSSR count). The molecular weight excluding hydrogens is 761 g/mol. The molecule has 0 unspecified atom stereocenters. The summed E-state index contributed by atoms with van der Waals surface area (Å²) in [5.74, 6) is -1.66. The van der Waals surface area contributed by atoms with Crippen LogP contribution in [-0.4, -0.2) is 65.5 Å². The Morgan fingerprint density at radius 3 is 1.98 bits per heavy atom. The Morgan fingerprint density at radius 1 is 0.797 bits per heavy atom. The number of carbonyl (C=O) groups excluding carboxylic acids is 4. The first-order valence-corrected chi connectivity index (χ1v) is 23.1. The fourth-order valence-corrected chi connectivity index (χ4v) is 11.9. The minimum atomic E-state index is -3.14. The quantitative estimate of drug-likeness (QED) is 0.113. The van der Waals surface area contributed by atoms with Gasteiger partial charge in [0.25, 0.3) is 17.7 Å². The molecule has 0 aromatic heterocycles. The number of carbonyl (C=O) groups is 4. The first-order chi connectivity index (χ1) is 28.4. The molecule has 0 aliphatic carbocycles. The van der Waals surface area contributed by atoms with E-state index < -0.39 is 37.5 Å². The van der Waals surface area contributed by atoms with Crippen LogP contribution in [-0.2, 0) is 39.4 Å². The Kier molecular flexibility index (Phi) is 10.8. The third-order valence-electron chi connectivity index (χ3n) is 12.1. The Hall–Kier alpha value is -5.92. The van der Waals surface area contributed by atoms with Crippen molar-refractivity contribution < 1.29 is 33.8 Å². The molecule has 1 spiro atoms. The van der Waals surface area contributed by atoms with Gasteiger partial charge in [-0.05, 0) is 90.8 Å². The lowest BCUT2D eigenvalue weighted by Gasteiger charge is -2.37. The van der Waals surface area contributed by atoms with Crippen molar-refractivity contribution in [2.45, 2.75) is 69.2 Å². The van der Waals surface area contributed by atoms with E-state index >= 15 is 4.79 Å². The highest BCUT2D eigenvalue weighted by molar-refractivity contribution is 6.71. The lowest BCUT2D eigenvalue weighted by atomic mass is 9.82. The van der Waals surface area contributed by atoms with E-state index in [-0.39, 0.29) is 43.2 Å². The zero-order valence-corrected chi connectivity index (χ0v) is 34.3. The topological polar surface area (TPSA) is 149 Å². The van der Waals surface area contributed by atoms with Gasteiger partial charge in [0, 0.05) is 46.1 Å². The van der Waals surface area contributed by atoms with Crippen LogP contribution in [0, 0.1) is 5.92 Å². The second-order valence-corrected chi connectivity index (χ2v) is 20.3. The SMILES string of the molecule is C[C@@H]1[C@@H]([Si](C)(C)O)[C@H](CC(=O)N2Cc3ccccc3C[C@H]2CO)O[C@@]12C(=O)N(Cc1ccc(NC(=O)c3ccccc3)cc1)c1ccc(NC(=O)c3ccccc3)cc12. The number of rotatable bonds is 10. The highest BCUT2D eigenvalue weighted by atomic mass is 28.4. The molecule has 3 aliphatic rings. The zero-order chi connectivity index (χ0) is 41.5. The number of nitrogens with one attached hydrogen (secondary N) is 2. The molecule has 5 aromatic rings. The maximum absolute atomic E-state index is 15.2. The van der Waals surface area contributed by atoms with Crippen LogP contribution in [0.5, 0.6) is 0 Å². The lowest BCUT2D eigenvalue weighted by Crippen LogP contribution is -2.48. The number of benzene rings is 5. The van der Waals surface area contributed by atoms with Gasteiger partial charge in [0.15, 0.2) is 13.9 Å². The molecule has 302 valence electrons. The monoisotopic (exact) mass is 808 g/mol. The van der Waals surface area contributed by atoms with Crippen LogP contribution in [0.4, 0.5) is 17.1 Å². The standard InChI is InChI=1S/C47H48N4O7Si/c1-30-43(59(2,3)57)41(26-42(53)50-28-35-17-11-10-16-34(35)24-38(50)29-52)58-47(30)39-25-37(49-45(55)33-14-8-5-9-15-33)22-23-40(39)51(46(47)56)27-31-18-20-36(21-19-31)48-44(54)32-12-6-4-7-13-32/h4-23,25,30,38,41,43,52,57H,24,26-29H2,1-3H3,(H,48,54)(H,49,55)/t30-,38+,41+,43-,47+/m1/s1. The number of amides is 4. The van der Waals surface area contributed by atoms with E-state index in [4.69, 9.17) is 4.74 Å². The number of nitrogens with zero attached hydrogens (tertiary/aromatic N) is 2. The van der Waals surface area contributed by atoms with E-state index in [0.29, 0.717) is 46.7 Å². The van der Waals surface area contributed by atoms with Gasteiger partial charge in [-0.25, -0.2) is 0 Å². The second-order valence-electron chi connectivity index (χ2n) is 16.4. The van der Waals surface area contributed by atoms with Crippen LogP contribution in [0.2, 0.25) is 18.6 Å². The zero-order valence-electron chi connectivity index (χ0n) is 33.3. The van der Waals surface area contributed by atoms with E-state index in [9.17, 15) is 24.3 Å². The summed E-state index contributed by atoms with van der Waals surface area (Å²) in [7, 11) is -3.14. The Morgan fingerprint density at radius 2 is 1.37 bits per heavy atom. The number of aliphatic hydroxyl groups is 1. The molecule has 3 aliphatic heterocycles. The number of fused-ring (bicyclic) bond motifs is 3. The van der Waals surface area contributed by atoms with E-state index in [2.05, 4.69) is 10.6 Å². The summed E-state index contributed by atoms with van der Waals surface area (Å²) in [6.45, 7) is 5.86. The van der Waals surface area contributed by atoms with Crippen molar-refractivity contribution in [3.05, 3.63) is 161 Å². The number of anilines is 3. The molecule has 4 amide bonds. The summed E-state index contributed by atoms with van der Waals surface area (Å²) >= 11 is 0. The molecule has 0 saturated carbocycles. The second kappa shape index (κ2) is 16.0. The van der Waals surface area contributed by atoms with Gasteiger partial charge in [-0.15, -0.1) is 0 Å². The van der Waals surface area contributed by atoms with Crippen molar-refractivity contribution in [1.29, 1.82) is 0 Å². The molecule has 0 bridgehead atoms. The molecule has 12 heteroatoms. The molecule has 1 saturated heterocycles. The van der Waals surface area contributed by atoms with Gasteiger partial charge in [0.2, 0.25) is 5.91 Å². The van der Waals surface area contributed by atoms with Gasteiger partial charge in [-0.2, -0.15) is 0 Å². The maximum Gasteiger partial charge on any atom is 0.264 e.